The van der Waals surface area contributed by atoms with E-state index in [9.17, 15) is 37.1 Å². The predicted molar refractivity (Wildman–Crippen MR) is 103 cm³/mol. The fraction of sp³-hybridized carbons (Fsp3) is 0.611. The molecule has 0 aliphatic carbocycles. The van der Waals surface area contributed by atoms with Crippen molar-refractivity contribution in [3.05, 3.63) is 31.3 Å². The molecule has 7 nitrogen and oxygen atoms in total. The van der Waals surface area contributed by atoms with Crippen molar-refractivity contribution in [1.29, 1.82) is 0 Å². The van der Waals surface area contributed by atoms with Crippen LogP contribution >= 0.6 is 11.3 Å². The first-order valence-corrected chi connectivity index (χ1v) is 10.3. The molecule has 2 aromatic rings. The van der Waals surface area contributed by atoms with Gasteiger partial charge in [-0.25, -0.2) is 9.18 Å². The number of halogens is 4. The van der Waals surface area contributed by atoms with Crippen LogP contribution in [0, 0.1) is 0 Å². The van der Waals surface area contributed by atoms with E-state index in [1.165, 1.54) is 11.8 Å². The second kappa shape index (κ2) is 8.50. The van der Waals surface area contributed by atoms with Crippen molar-refractivity contribution in [2.24, 2.45) is 0 Å². The molecular formula is C18H21F4N3O4S. The molecule has 30 heavy (non-hydrogen) atoms. The van der Waals surface area contributed by atoms with Gasteiger partial charge in [-0.05, 0) is 19.8 Å². The molecule has 3 rings (SSSR count). The number of hydrogen-bond acceptors (Lipinski definition) is 5. The number of alkyl halides is 4. The van der Waals surface area contributed by atoms with E-state index < -0.39 is 49.1 Å². The van der Waals surface area contributed by atoms with Crippen LogP contribution in [0.1, 0.15) is 41.4 Å². The molecule has 1 amide bonds. The van der Waals surface area contributed by atoms with E-state index in [0.29, 0.717) is 24.2 Å². The summed E-state index contributed by atoms with van der Waals surface area (Å²) in [6.07, 6.45) is -5.69. The van der Waals surface area contributed by atoms with Crippen LogP contribution in [0.5, 0.6) is 0 Å². The number of piperidine rings is 1. The third-order valence-corrected chi connectivity index (χ3v) is 6.41. The maximum absolute atomic E-state index is 13.9. The number of hydrogen-bond donors (Lipinski definition) is 1. The molecule has 2 aromatic heterocycles. The van der Waals surface area contributed by atoms with Crippen LogP contribution in [0.15, 0.2) is 9.59 Å². The Bertz CT molecular complexity index is 1060. The Kier molecular flexibility index (Phi) is 6.37. The van der Waals surface area contributed by atoms with E-state index in [1.807, 2.05) is 0 Å². The van der Waals surface area contributed by atoms with E-state index in [1.54, 1.807) is 0 Å². The van der Waals surface area contributed by atoms with Crippen LogP contribution in [0.25, 0.3) is 10.2 Å². The number of nitrogens with zero attached hydrogens (tertiary/aromatic N) is 3. The van der Waals surface area contributed by atoms with E-state index in [0.717, 1.165) is 9.13 Å². The van der Waals surface area contributed by atoms with Gasteiger partial charge in [-0.3, -0.25) is 18.7 Å². The molecule has 166 valence electrons. The van der Waals surface area contributed by atoms with Crippen molar-refractivity contribution in [2.45, 2.75) is 58.2 Å². The molecule has 0 spiro atoms. The van der Waals surface area contributed by atoms with Crippen molar-refractivity contribution in [3.8, 4) is 0 Å². The molecule has 3 heterocycles. The zero-order valence-electron chi connectivity index (χ0n) is 16.2. The van der Waals surface area contributed by atoms with Crippen molar-refractivity contribution in [2.75, 3.05) is 13.1 Å². The van der Waals surface area contributed by atoms with Crippen LogP contribution in [-0.2, 0) is 19.8 Å². The van der Waals surface area contributed by atoms with Crippen LogP contribution in [-0.4, -0.2) is 50.4 Å². The summed E-state index contributed by atoms with van der Waals surface area (Å²) in [5.74, 6) is -0.562. The Morgan fingerprint density at radius 3 is 2.37 bits per heavy atom. The number of aromatic nitrogens is 2. The molecule has 0 unspecified atom stereocenters. The number of aryl methyl sites for hydroxylation is 1. The molecule has 0 aromatic carbocycles. The standard InChI is InChI=1S/C18H21F4N3O4S/c1-2-24-14(27)12-11(9-19)13(15(28)23-6-3-10(26)4-7-23)30-16(12)25(17(24)29)8-5-18(20,21)22/h10,26H,2-9H2,1H3. The predicted octanol–water partition coefficient (Wildman–Crippen LogP) is 2.26. The first kappa shape index (κ1) is 22.5. The van der Waals surface area contributed by atoms with Gasteiger partial charge in [0, 0.05) is 31.7 Å². The average molecular weight is 451 g/mol. The highest BCUT2D eigenvalue weighted by Gasteiger charge is 2.31. The smallest absolute Gasteiger partial charge is 0.390 e. The molecular weight excluding hydrogens is 430 g/mol. The third-order valence-electron chi connectivity index (χ3n) is 5.17. The second-order valence-electron chi connectivity index (χ2n) is 7.10. The third kappa shape index (κ3) is 4.15. The minimum absolute atomic E-state index is 0.102. The van der Waals surface area contributed by atoms with E-state index in [4.69, 9.17) is 0 Å². The SMILES string of the molecule is CCn1c(=O)c2c(CF)c(C(=O)N3CCC(O)CC3)sc2n(CCC(F)(F)F)c1=O. The van der Waals surface area contributed by atoms with Crippen molar-refractivity contribution >= 4 is 27.5 Å². The lowest BCUT2D eigenvalue weighted by molar-refractivity contribution is -0.136. The quantitative estimate of drug-likeness (QED) is 0.707. The Hall–Kier alpha value is -2.21. The number of aliphatic hydroxyl groups is 1. The lowest BCUT2D eigenvalue weighted by Gasteiger charge is -2.29. The summed E-state index contributed by atoms with van der Waals surface area (Å²) in [5.41, 5.74) is -1.96. The zero-order valence-corrected chi connectivity index (χ0v) is 17.0. The monoisotopic (exact) mass is 451 g/mol. The topological polar surface area (TPSA) is 84.5 Å². The van der Waals surface area contributed by atoms with Gasteiger partial charge < -0.3 is 10.0 Å². The first-order valence-electron chi connectivity index (χ1n) is 9.48. The Labute approximate surface area is 172 Å². The number of rotatable bonds is 5. The molecule has 0 bridgehead atoms. The number of carbonyl (C=O) groups is 1. The van der Waals surface area contributed by atoms with Gasteiger partial charge in [-0.1, -0.05) is 0 Å². The Balaban J connectivity index is 2.19. The minimum atomic E-state index is -4.54. The van der Waals surface area contributed by atoms with Crippen LogP contribution in [0.3, 0.4) is 0 Å². The molecule has 12 heteroatoms. The number of amides is 1. The highest BCUT2D eigenvalue weighted by molar-refractivity contribution is 7.20. The lowest BCUT2D eigenvalue weighted by Crippen LogP contribution is -2.40. The summed E-state index contributed by atoms with van der Waals surface area (Å²) in [5, 5.41) is 9.38. The van der Waals surface area contributed by atoms with Gasteiger partial charge in [-0.15, -0.1) is 11.3 Å². The lowest BCUT2D eigenvalue weighted by atomic mass is 10.1. The number of aliphatic hydroxyl groups excluding tert-OH is 1. The highest BCUT2D eigenvalue weighted by Crippen LogP contribution is 2.32. The largest absolute Gasteiger partial charge is 0.393 e. The van der Waals surface area contributed by atoms with Crippen molar-refractivity contribution in [1.82, 2.24) is 14.0 Å². The van der Waals surface area contributed by atoms with Gasteiger partial charge in [0.1, 0.15) is 16.4 Å². The van der Waals surface area contributed by atoms with Gasteiger partial charge in [0.05, 0.1) is 17.9 Å². The molecule has 1 saturated heterocycles. The maximum atomic E-state index is 13.9. The van der Waals surface area contributed by atoms with Crippen molar-refractivity contribution in [3.63, 3.8) is 0 Å². The Morgan fingerprint density at radius 1 is 1.20 bits per heavy atom. The molecule has 0 radical (unpaired) electrons. The van der Waals surface area contributed by atoms with Gasteiger partial charge >= 0.3 is 11.9 Å². The summed E-state index contributed by atoms with van der Waals surface area (Å²) in [6, 6.07) is 0. The van der Waals surface area contributed by atoms with Gasteiger partial charge in [0.2, 0.25) is 0 Å². The maximum Gasteiger partial charge on any atom is 0.390 e. The van der Waals surface area contributed by atoms with E-state index >= 15 is 0 Å². The van der Waals surface area contributed by atoms with Gasteiger partial charge in [0.15, 0.2) is 0 Å². The molecule has 1 N–H and O–H groups in total. The fourth-order valence-corrected chi connectivity index (χ4v) is 4.83. The number of likely N-dealkylation sites (tertiary alicyclic amines) is 1. The van der Waals surface area contributed by atoms with Gasteiger partial charge in [0.25, 0.3) is 11.5 Å². The summed E-state index contributed by atoms with van der Waals surface area (Å²) in [6.45, 7) is -0.0627. The highest BCUT2D eigenvalue weighted by atomic mass is 32.1. The normalized spacial score (nSPS) is 15.9. The minimum Gasteiger partial charge on any atom is -0.393 e. The summed E-state index contributed by atoms with van der Waals surface area (Å²) in [4.78, 5) is 39.5. The van der Waals surface area contributed by atoms with Gasteiger partial charge in [-0.2, -0.15) is 13.2 Å². The van der Waals surface area contributed by atoms with E-state index in [-0.39, 0.29) is 40.3 Å². The number of carbonyl (C=O) groups excluding carboxylic acids is 1. The molecule has 1 fully saturated rings. The summed E-state index contributed by atoms with van der Waals surface area (Å²) >= 11 is 0.664. The van der Waals surface area contributed by atoms with Crippen LogP contribution < -0.4 is 11.2 Å². The molecule has 1 aliphatic rings. The molecule has 0 atom stereocenters. The average Bonchev–Trinajstić information content (AvgIpc) is 3.07. The summed E-state index contributed by atoms with van der Waals surface area (Å²) < 4.78 is 53.8. The second-order valence-corrected chi connectivity index (χ2v) is 8.09. The van der Waals surface area contributed by atoms with Crippen LogP contribution in [0.2, 0.25) is 0 Å². The summed E-state index contributed by atoms with van der Waals surface area (Å²) in [7, 11) is 0. The van der Waals surface area contributed by atoms with Crippen molar-refractivity contribution < 1.29 is 27.5 Å². The Morgan fingerprint density at radius 2 is 1.83 bits per heavy atom. The fourth-order valence-electron chi connectivity index (χ4n) is 3.54. The van der Waals surface area contributed by atoms with E-state index in [2.05, 4.69) is 0 Å². The van der Waals surface area contributed by atoms with Crippen LogP contribution in [0.4, 0.5) is 17.6 Å². The first-order chi connectivity index (χ1) is 14.1. The molecule has 1 aliphatic heterocycles. The number of fused-ring (bicyclic) bond motifs is 1. The zero-order chi connectivity index (χ0) is 22.2. The number of thiophene rings is 1. The molecule has 0 saturated carbocycles.